The van der Waals surface area contributed by atoms with Crippen molar-refractivity contribution in [3.63, 3.8) is 0 Å². The van der Waals surface area contributed by atoms with Gasteiger partial charge in [0.2, 0.25) is 0 Å². The van der Waals surface area contributed by atoms with Crippen molar-refractivity contribution in [3.05, 3.63) is 59.2 Å². The Morgan fingerprint density at radius 2 is 1.00 bits per heavy atom. The van der Waals surface area contributed by atoms with Gasteiger partial charge in [-0.15, -0.1) is 0 Å². The van der Waals surface area contributed by atoms with Gasteiger partial charge in [-0.25, -0.2) is 8.78 Å². The molecule has 0 unspecified atom stereocenters. The zero-order chi connectivity index (χ0) is 18.8. The third-order valence-electron chi connectivity index (χ3n) is 2.88. The molecule has 1 radical (unpaired) electrons. The smallest absolute Gasteiger partial charge is 0.524 e. The minimum Gasteiger partial charge on any atom is -0.524 e. The second kappa shape index (κ2) is 6.81. The van der Waals surface area contributed by atoms with Crippen molar-refractivity contribution >= 4 is 7.69 Å². The van der Waals surface area contributed by atoms with E-state index < -0.39 is 46.6 Å². The largest absolute Gasteiger partial charge is 0.658 e. The quantitative estimate of drug-likeness (QED) is 0.558. The van der Waals surface area contributed by atoms with E-state index >= 15 is 0 Å². The number of benzene rings is 2. The molecule has 2 rings (SSSR count). The van der Waals surface area contributed by atoms with Gasteiger partial charge in [-0.2, -0.15) is 26.3 Å². The van der Waals surface area contributed by atoms with Crippen LogP contribution in [0.1, 0.15) is 11.1 Å². The van der Waals surface area contributed by atoms with Crippen molar-refractivity contribution in [1.29, 1.82) is 0 Å². The molecule has 133 valence electrons. The van der Waals surface area contributed by atoms with E-state index in [1.165, 1.54) is 0 Å². The van der Waals surface area contributed by atoms with Gasteiger partial charge in [0.15, 0.2) is 11.6 Å². The number of halogens is 8. The Morgan fingerprint density at radius 1 is 0.640 bits per heavy atom. The fourth-order valence-corrected chi connectivity index (χ4v) is 1.82. The number of para-hydroxylation sites is 2. The fraction of sp³-hybridized carbons (Fsp3) is 0.143. The summed E-state index contributed by atoms with van der Waals surface area (Å²) in [6.07, 6.45) is -9.97. The molecule has 0 heterocycles. The Bertz CT molecular complexity index is 694. The molecule has 11 heteroatoms. The Hall–Kier alpha value is -2.46. The first-order chi connectivity index (χ1) is 11.5. The Balaban J connectivity index is 2.24. The first-order valence-electron chi connectivity index (χ1n) is 6.38. The second-order valence-corrected chi connectivity index (χ2v) is 4.56. The lowest BCUT2D eigenvalue weighted by atomic mass is 10.1. The van der Waals surface area contributed by atoms with E-state index in [1.807, 2.05) is 0 Å². The molecule has 0 aromatic heterocycles. The molecule has 0 bridgehead atoms. The van der Waals surface area contributed by atoms with Crippen molar-refractivity contribution in [2.45, 2.75) is 12.4 Å². The molecule has 0 saturated heterocycles. The minimum atomic E-state index is -4.99. The Morgan fingerprint density at radius 3 is 1.32 bits per heavy atom. The van der Waals surface area contributed by atoms with E-state index in [0.717, 1.165) is 12.1 Å². The zero-order valence-corrected chi connectivity index (χ0v) is 11.9. The predicted octanol–water partition coefficient (Wildman–Crippen LogP) is 4.99. The molecular formula is C14H6BF8O2. The molecule has 0 aliphatic heterocycles. The lowest BCUT2D eigenvalue weighted by Gasteiger charge is -2.16. The monoisotopic (exact) mass is 369 g/mol. The van der Waals surface area contributed by atoms with Crippen LogP contribution in [0.25, 0.3) is 0 Å². The molecule has 2 nitrogen and oxygen atoms in total. The van der Waals surface area contributed by atoms with Crippen LogP contribution in [0.15, 0.2) is 36.4 Å². The van der Waals surface area contributed by atoms with E-state index in [1.54, 1.807) is 0 Å². The summed E-state index contributed by atoms with van der Waals surface area (Å²) in [5, 5.41) is 0. The highest BCUT2D eigenvalue weighted by molar-refractivity contribution is 6.20. The standard InChI is InChI=1S/C14H6BF8O2/c16-9-5-1-3-7(13(18,19)20)11(9)24-15-25-12-8(14(21,22)23)4-2-6-10(12)17/h1-6H. The van der Waals surface area contributed by atoms with Crippen molar-refractivity contribution in [1.82, 2.24) is 0 Å². The fourth-order valence-electron chi connectivity index (χ4n) is 1.82. The number of rotatable bonds is 4. The lowest BCUT2D eigenvalue weighted by Crippen LogP contribution is -2.19. The van der Waals surface area contributed by atoms with E-state index in [2.05, 4.69) is 9.31 Å². The molecule has 0 atom stereocenters. The summed E-state index contributed by atoms with van der Waals surface area (Å²) in [6, 6.07) is 3.81. The highest BCUT2D eigenvalue weighted by Crippen LogP contribution is 2.39. The van der Waals surface area contributed by atoms with Crippen LogP contribution in [-0.2, 0) is 12.4 Å². The molecule has 0 N–H and O–H groups in total. The van der Waals surface area contributed by atoms with E-state index in [9.17, 15) is 35.1 Å². The van der Waals surface area contributed by atoms with Crippen LogP contribution in [0.4, 0.5) is 35.1 Å². The topological polar surface area (TPSA) is 18.5 Å². The van der Waals surface area contributed by atoms with Gasteiger partial charge < -0.3 is 9.31 Å². The van der Waals surface area contributed by atoms with Gasteiger partial charge in [-0.1, -0.05) is 12.1 Å². The van der Waals surface area contributed by atoms with Crippen LogP contribution >= 0.6 is 0 Å². The SMILES string of the molecule is Fc1cccc(C(F)(F)F)c1O[B]Oc1c(F)cccc1C(F)(F)F. The maximum Gasteiger partial charge on any atom is 0.658 e. The molecule has 2 aromatic rings. The van der Waals surface area contributed by atoms with Crippen molar-refractivity contribution in [2.75, 3.05) is 0 Å². The lowest BCUT2D eigenvalue weighted by molar-refractivity contribution is -0.139. The maximum atomic E-state index is 13.5. The molecule has 0 saturated carbocycles. The molecule has 0 aliphatic rings. The van der Waals surface area contributed by atoms with Crippen LogP contribution in [0.2, 0.25) is 0 Å². The number of hydrogen-bond donors (Lipinski definition) is 0. The molecule has 0 spiro atoms. The van der Waals surface area contributed by atoms with Gasteiger partial charge in [0.1, 0.15) is 11.5 Å². The van der Waals surface area contributed by atoms with Gasteiger partial charge in [0, 0.05) is 0 Å². The van der Waals surface area contributed by atoms with Crippen molar-refractivity contribution < 1.29 is 44.4 Å². The number of alkyl halides is 6. The van der Waals surface area contributed by atoms with E-state index in [0.29, 0.717) is 24.3 Å². The van der Waals surface area contributed by atoms with Gasteiger partial charge in [-0.3, -0.25) is 0 Å². The van der Waals surface area contributed by atoms with Gasteiger partial charge in [0.05, 0.1) is 11.1 Å². The van der Waals surface area contributed by atoms with E-state index in [-0.39, 0.29) is 7.69 Å². The van der Waals surface area contributed by atoms with E-state index in [4.69, 9.17) is 0 Å². The normalized spacial score (nSPS) is 12.0. The van der Waals surface area contributed by atoms with Crippen LogP contribution < -0.4 is 9.31 Å². The summed E-state index contributed by atoms with van der Waals surface area (Å²) >= 11 is 0. The first-order valence-corrected chi connectivity index (χ1v) is 6.38. The summed E-state index contributed by atoms with van der Waals surface area (Å²) in [7, 11) is -0.0126. The van der Waals surface area contributed by atoms with Gasteiger partial charge >= 0.3 is 20.0 Å². The minimum absolute atomic E-state index is 0.0126. The highest BCUT2D eigenvalue weighted by Gasteiger charge is 2.37. The summed E-state index contributed by atoms with van der Waals surface area (Å²) < 4.78 is 112. The van der Waals surface area contributed by atoms with Gasteiger partial charge in [0.25, 0.3) is 0 Å². The van der Waals surface area contributed by atoms with Crippen LogP contribution in [0.3, 0.4) is 0 Å². The third-order valence-corrected chi connectivity index (χ3v) is 2.88. The first kappa shape index (κ1) is 18.9. The Labute approximate surface area is 136 Å². The van der Waals surface area contributed by atoms with Crippen LogP contribution in [0.5, 0.6) is 11.5 Å². The summed E-state index contributed by atoms with van der Waals surface area (Å²) in [6.45, 7) is 0. The summed E-state index contributed by atoms with van der Waals surface area (Å²) in [5.74, 6) is -5.50. The van der Waals surface area contributed by atoms with Crippen LogP contribution in [-0.4, -0.2) is 7.69 Å². The average molecular weight is 369 g/mol. The van der Waals surface area contributed by atoms with Gasteiger partial charge in [-0.05, 0) is 24.3 Å². The van der Waals surface area contributed by atoms with Crippen LogP contribution in [0, 0.1) is 11.6 Å². The highest BCUT2D eigenvalue weighted by atomic mass is 19.4. The molecule has 0 amide bonds. The summed E-state index contributed by atoms with van der Waals surface area (Å²) in [4.78, 5) is 0. The third kappa shape index (κ3) is 4.34. The average Bonchev–Trinajstić information content (AvgIpc) is 2.48. The zero-order valence-electron chi connectivity index (χ0n) is 11.9. The van der Waals surface area contributed by atoms with Crippen molar-refractivity contribution in [3.8, 4) is 11.5 Å². The predicted molar refractivity (Wildman–Crippen MR) is 69.8 cm³/mol. The number of hydrogen-bond acceptors (Lipinski definition) is 2. The Kier molecular flexibility index (Phi) is 5.14. The van der Waals surface area contributed by atoms with Crippen molar-refractivity contribution in [2.24, 2.45) is 0 Å². The summed E-state index contributed by atoms with van der Waals surface area (Å²) in [5.41, 5.74) is -3.03. The second-order valence-electron chi connectivity index (χ2n) is 4.56. The molecule has 0 aliphatic carbocycles. The molecule has 2 aromatic carbocycles. The molecule has 25 heavy (non-hydrogen) atoms. The maximum absolute atomic E-state index is 13.5. The molecule has 0 fully saturated rings. The molecular weight excluding hydrogens is 363 g/mol.